The lowest BCUT2D eigenvalue weighted by molar-refractivity contribution is 1.05. The van der Waals surface area contributed by atoms with Crippen LogP contribution in [-0.2, 0) is 0 Å². The number of fused-ring (bicyclic) bond motifs is 3. The van der Waals surface area contributed by atoms with Gasteiger partial charge in [-0.1, -0.05) is 14.9 Å². The van der Waals surface area contributed by atoms with Crippen LogP contribution >= 0.6 is 22.7 Å². The van der Waals surface area contributed by atoms with Crippen LogP contribution in [0.1, 0.15) is 32.3 Å². The van der Waals surface area contributed by atoms with E-state index in [1.54, 1.807) is 38.4 Å². The van der Waals surface area contributed by atoms with Crippen LogP contribution < -0.4 is 16.7 Å². The van der Waals surface area contributed by atoms with Crippen molar-refractivity contribution in [2.75, 3.05) is 0 Å². The first-order valence-electron chi connectivity index (χ1n) is 9.73. The number of hydrogen-bond donors (Lipinski definition) is 4. The molecule has 0 bridgehead atoms. The van der Waals surface area contributed by atoms with Crippen LogP contribution in [-0.4, -0.2) is 34.9 Å². The van der Waals surface area contributed by atoms with Crippen LogP contribution in [0.3, 0.4) is 0 Å². The summed E-state index contributed by atoms with van der Waals surface area (Å²) in [4.78, 5) is 56.6. The second-order valence-corrected chi connectivity index (χ2v) is 8.66. The molecule has 0 atom stereocenters. The van der Waals surface area contributed by atoms with Gasteiger partial charge in [-0.3, -0.25) is 14.4 Å². The topological polar surface area (TPSA) is 153 Å². The van der Waals surface area contributed by atoms with Gasteiger partial charge in [0.2, 0.25) is 0 Å². The number of rotatable bonds is 0. The summed E-state index contributed by atoms with van der Waals surface area (Å²) >= 11 is 2.91. The third-order valence-corrected chi connectivity index (χ3v) is 6.08. The molecule has 6 rings (SSSR count). The van der Waals surface area contributed by atoms with Crippen LogP contribution in [0.2, 0.25) is 0 Å². The molecule has 184 valence electrons. The van der Waals surface area contributed by atoms with Gasteiger partial charge in [0.15, 0.2) is 0 Å². The lowest BCUT2D eigenvalue weighted by Crippen LogP contribution is -2.08. The van der Waals surface area contributed by atoms with E-state index in [-0.39, 0.29) is 31.5 Å². The molecule has 0 aromatic carbocycles. The second-order valence-electron chi connectivity index (χ2n) is 7.00. The number of hydrogen-bond acceptors (Lipinski definition) is 8. The Labute approximate surface area is 208 Å². The Bertz CT molecular complexity index is 1530. The Morgan fingerprint density at radius 3 is 2.03 bits per heavy atom. The smallest absolute Gasteiger partial charge is 0.268 e. The molecule has 0 aliphatic heterocycles. The van der Waals surface area contributed by atoms with Crippen LogP contribution in [0, 0.1) is 20.8 Å². The Morgan fingerprint density at radius 1 is 0.714 bits per heavy atom. The molecule has 10 nitrogen and oxygen atoms in total. The van der Waals surface area contributed by atoms with Gasteiger partial charge in [0.25, 0.3) is 16.7 Å². The fourth-order valence-corrected chi connectivity index (χ4v) is 4.51. The summed E-state index contributed by atoms with van der Waals surface area (Å²) in [7, 11) is 0. The number of nitrogens with one attached hydrogen (secondary N) is 4. The Balaban J connectivity index is 0.000000180. The quantitative estimate of drug-likeness (QED) is 0.236. The Kier molecular flexibility index (Phi) is 8.98. The number of thiophene rings is 2. The van der Waals surface area contributed by atoms with Crippen molar-refractivity contribution >= 4 is 54.8 Å². The molecule has 6 heterocycles. The molecule has 0 radical (unpaired) electrons. The highest BCUT2D eigenvalue weighted by atomic mass is 32.1. The highest BCUT2D eigenvalue weighted by molar-refractivity contribution is 7.17. The molecule has 0 saturated heterocycles. The third-order valence-electron chi connectivity index (χ3n) is 4.45. The van der Waals surface area contributed by atoms with E-state index in [0.29, 0.717) is 38.6 Å². The van der Waals surface area contributed by atoms with Crippen LogP contribution in [0.15, 0.2) is 48.9 Å². The average molecular weight is 514 g/mol. The van der Waals surface area contributed by atoms with Crippen molar-refractivity contribution < 1.29 is 0 Å². The van der Waals surface area contributed by atoms with Crippen molar-refractivity contribution in [1.82, 2.24) is 34.9 Å². The molecule has 4 N–H and O–H groups in total. The number of aromatic nitrogens is 7. The maximum atomic E-state index is 11.2. The van der Waals surface area contributed by atoms with E-state index in [1.807, 2.05) is 16.8 Å². The van der Waals surface area contributed by atoms with Crippen molar-refractivity contribution in [3.8, 4) is 0 Å². The minimum atomic E-state index is -0.0891. The van der Waals surface area contributed by atoms with Gasteiger partial charge in [0.05, 0.1) is 21.8 Å². The maximum absolute atomic E-state index is 11.2. The molecule has 35 heavy (non-hydrogen) atoms. The number of aromatic amines is 4. The molecular formula is C23H27N7O3S2. The van der Waals surface area contributed by atoms with Crippen molar-refractivity contribution in [2.45, 2.75) is 35.6 Å². The summed E-state index contributed by atoms with van der Waals surface area (Å²) in [5.74, 6) is 1.96. The van der Waals surface area contributed by atoms with Gasteiger partial charge in [-0.15, -0.1) is 22.7 Å². The van der Waals surface area contributed by atoms with Crippen LogP contribution in [0.4, 0.5) is 0 Å². The van der Waals surface area contributed by atoms with E-state index in [0.717, 1.165) is 11.0 Å². The third kappa shape index (κ3) is 6.16. The Hall–Kier alpha value is -3.90. The van der Waals surface area contributed by atoms with E-state index in [4.69, 9.17) is 0 Å². The van der Waals surface area contributed by atoms with Crippen molar-refractivity contribution in [1.29, 1.82) is 0 Å². The normalized spacial score (nSPS) is 10.0. The van der Waals surface area contributed by atoms with E-state index in [2.05, 4.69) is 34.9 Å². The fraction of sp³-hybridized carbons (Fsp3) is 0.217. The first-order chi connectivity index (χ1) is 15.8. The predicted octanol–water partition coefficient (Wildman–Crippen LogP) is 4.42. The lowest BCUT2D eigenvalue weighted by atomic mass is 10.4. The SMILES string of the molecule is C.C.Cc1nc2[nH]ccc2c(=O)[nH]1.Cc1nc2ccsc2c(=O)[nH]1.Cc1nc2cscc2c(=O)[nH]1. The average Bonchev–Trinajstić information content (AvgIpc) is 3.48. The van der Waals surface area contributed by atoms with E-state index >= 15 is 0 Å². The van der Waals surface area contributed by atoms with Gasteiger partial charge in [-0.25, -0.2) is 15.0 Å². The Morgan fingerprint density at radius 2 is 1.31 bits per heavy atom. The molecular weight excluding hydrogens is 486 g/mol. The summed E-state index contributed by atoms with van der Waals surface area (Å²) in [6, 6.07) is 3.56. The van der Waals surface area contributed by atoms with Gasteiger partial charge in [0.1, 0.15) is 27.8 Å². The monoisotopic (exact) mass is 513 g/mol. The molecule has 6 aromatic heterocycles. The summed E-state index contributed by atoms with van der Waals surface area (Å²) in [5.41, 5.74) is 2.05. The van der Waals surface area contributed by atoms with Gasteiger partial charge >= 0.3 is 0 Å². The highest BCUT2D eigenvalue weighted by Gasteiger charge is 2.01. The first-order valence-corrected chi connectivity index (χ1v) is 11.5. The zero-order valence-electron chi connectivity index (χ0n) is 17.8. The van der Waals surface area contributed by atoms with Gasteiger partial charge in [-0.2, -0.15) is 0 Å². The molecule has 0 unspecified atom stereocenters. The first kappa shape index (κ1) is 27.3. The molecule has 12 heteroatoms. The maximum Gasteiger partial charge on any atom is 0.268 e. The summed E-state index contributed by atoms with van der Waals surface area (Å²) in [6.07, 6.45) is 1.70. The number of nitrogens with zero attached hydrogens (tertiary/aromatic N) is 3. The number of aryl methyl sites for hydroxylation is 3. The van der Waals surface area contributed by atoms with Crippen molar-refractivity contribution in [2.24, 2.45) is 0 Å². The lowest BCUT2D eigenvalue weighted by Gasteiger charge is -1.90. The van der Waals surface area contributed by atoms with Gasteiger partial charge < -0.3 is 19.9 Å². The molecule has 0 saturated carbocycles. The van der Waals surface area contributed by atoms with Crippen LogP contribution in [0.25, 0.3) is 32.2 Å². The number of H-pyrrole nitrogens is 4. The molecule has 0 amide bonds. The van der Waals surface area contributed by atoms with Gasteiger partial charge in [0, 0.05) is 17.0 Å². The zero-order valence-corrected chi connectivity index (χ0v) is 19.5. The summed E-state index contributed by atoms with van der Waals surface area (Å²) < 4.78 is 0.704. The highest BCUT2D eigenvalue weighted by Crippen LogP contribution is 2.13. The molecule has 0 aliphatic carbocycles. The molecule has 0 aliphatic rings. The summed E-state index contributed by atoms with van der Waals surface area (Å²) in [6.45, 7) is 5.30. The van der Waals surface area contributed by atoms with Gasteiger partial charge in [-0.05, 0) is 38.3 Å². The van der Waals surface area contributed by atoms with Crippen LogP contribution in [0.5, 0.6) is 0 Å². The largest absolute Gasteiger partial charge is 0.346 e. The standard InChI is InChI=1S/C7H7N3O.2C7H6N2OS.2CH4/c1-4-9-6-5(2-3-8-6)7(11)10-4;1-4-8-6-3-11-2-5(6)7(10)9-4;1-4-8-5-2-3-11-6(5)7(10)9-4;;/h2-3H,1H3,(H2,8,9,10,11);2*2-3H,1H3,(H,8,9,10);2*1H4. The molecule has 0 spiro atoms. The summed E-state index contributed by atoms with van der Waals surface area (Å²) in [5, 5.41) is 6.83. The molecule has 0 fully saturated rings. The van der Waals surface area contributed by atoms with Crippen molar-refractivity contribution in [3.63, 3.8) is 0 Å². The second kappa shape index (κ2) is 11.5. The van der Waals surface area contributed by atoms with Crippen molar-refractivity contribution in [3.05, 3.63) is 83.0 Å². The predicted molar refractivity (Wildman–Crippen MR) is 145 cm³/mol. The van der Waals surface area contributed by atoms with E-state index < -0.39 is 0 Å². The molecule has 6 aromatic rings. The zero-order chi connectivity index (χ0) is 23.5. The fourth-order valence-electron chi connectivity index (χ4n) is 3.04. The minimum Gasteiger partial charge on any atom is -0.346 e. The van der Waals surface area contributed by atoms with E-state index in [1.165, 1.54) is 22.7 Å². The minimum absolute atomic E-state index is 0. The van der Waals surface area contributed by atoms with E-state index in [9.17, 15) is 14.4 Å².